The number of carbonyl (C=O) groups is 1. The monoisotopic (exact) mass is 342 g/mol. The Morgan fingerprint density at radius 3 is 2.95 bits per heavy atom. The minimum Gasteiger partial charge on any atom is -0.348 e. The van der Waals surface area contributed by atoms with Crippen molar-refractivity contribution in [3.63, 3.8) is 0 Å². The lowest BCUT2D eigenvalue weighted by atomic mass is 10.2. The number of halogens is 3. The van der Waals surface area contributed by atoms with Crippen LogP contribution in [0.4, 0.5) is 4.39 Å². The Morgan fingerprint density at radius 1 is 1.42 bits per heavy atom. The Hall–Kier alpha value is -1.46. The van der Waals surface area contributed by atoms with Crippen LogP contribution in [0.2, 0.25) is 5.02 Å². The molecule has 2 rings (SSSR count). The molecule has 0 unspecified atom stereocenters. The van der Waals surface area contributed by atoms with Crippen LogP contribution in [-0.4, -0.2) is 10.9 Å². The molecule has 1 aromatic heterocycles. The van der Waals surface area contributed by atoms with Gasteiger partial charge in [-0.2, -0.15) is 0 Å². The number of rotatable bonds is 3. The average Bonchev–Trinajstić information content (AvgIpc) is 2.40. The molecule has 0 aliphatic rings. The molecule has 1 amide bonds. The molecule has 0 atom stereocenters. The maximum Gasteiger partial charge on any atom is 0.254 e. The molecule has 0 fully saturated rings. The lowest BCUT2D eigenvalue weighted by molar-refractivity contribution is 0.0950. The highest BCUT2D eigenvalue weighted by molar-refractivity contribution is 9.10. The molecule has 0 aliphatic carbocycles. The summed E-state index contributed by atoms with van der Waals surface area (Å²) in [6.07, 6.45) is 2.89. The summed E-state index contributed by atoms with van der Waals surface area (Å²) in [6.45, 7) is 0.197. The van der Waals surface area contributed by atoms with Crippen molar-refractivity contribution in [2.24, 2.45) is 0 Å². The molecule has 1 aromatic carbocycles. The van der Waals surface area contributed by atoms with Crippen molar-refractivity contribution in [3.8, 4) is 0 Å². The van der Waals surface area contributed by atoms with E-state index in [2.05, 4.69) is 26.2 Å². The third-order valence-electron chi connectivity index (χ3n) is 2.46. The summed E-state index contributed by atoms with van der Waals surface area (Å²) in [5.41, 5.74) is 0.935. The van der Waals surface area contributed by atoms with Gasteiger partial charge in [0.2, 0.25) is 0 Å². The van der Waals surface area contributed by atoms with Crippen molar-refractivity contribution in [3.05, 3.63) is 63.1 Å². The van der Waals surface area contributed by atoms with Gasteiger partial charge in [-0.25, -0.2) is 4.39 Å². The van der Waals surface area contributed by atoms with Crippen LogP contribution in [0.1, 0.15) is 15.9 Å². The fraction of sp³-hybridized carbons (Fsp3) is 0.0769. The molecule has 0 saturated heterocycles. The van der Waals surface area contributed by atoms with Gasteiger partial charge in [0.1, 0.15) is 5.82 Å². The number of nitrogens with zero attached hydrogens (tertiary/aromatic N) is 1. The summed E-state index contributed by atoms with van der Waals surface area (Å²) in [7, 11) is 0. The molecular weight excluding hydrogens is 335 g/mol. The minimum absolute atomic E-state index is 0.197. The molecule has 2 aromatic rings. The first-order valence-corrected chi connectivity index (χ1v) is 6.56. The highest BCUT2D eigenvalue weighted by Crippen LogP contribution is 2.18. The van der Waals surface area contributed by atoms with E-state index in [1.807, 2.05) is 0 Å². The number of amides is 1. The number of hydrogen-bond donors (Lipinski definition) is 1. The second kappa shape index (κ2) is 6.12. The van der Waals surface area contributed by atoms with Crippen LogP contribution in [0.5, 0.6) is 0 Å². The summed E-state index contributed by atoms with van der Waals surface area (Å²) in [5, 5.41) is 2.99. The Morgan fingerprint density at radius 2 is 2.21 bits per heavy atom. The van der Waals surface area contributed by atoms with Crippen LogP contribution in [0.15, 0.2) is 41.1 Å². The molecular formula is C13H9BrClFN2O. The van der Waals surface area contributed by atoms with Crippen molar-refractivity contribution in [1.82, 2.24) is 10.3 Å². The molecule has 1 N–H and O–H groups in total. The molecule has 0 bridgehead atoms. The van der Waals surface area contributed by atoms with Gasteiger partial charge >= 0.3 is 0 Å². The van der Waals surface area contributed by atoms with E-state index in [-0.39, 0.29) is 23.8 Å². The number of hydrogen-bond acceptors (Lipinski definition) is 2. The van der Waals surface area contributed by atoms with E-state index in [9.17, 15) is 9.18 Å². The van der Waals surface area contributed by atoms with E-state index in [0.717, 1.165) is 4.47 Å². The fourth-order valence-corrected chi connectivity index (χ4v) is 2.07. The smallest absolute Gasteiger partial charge is 0.254 e. The molecule has 0 radical (unpaired) electrons. The molecule has 0 saturated carbocycles. The zero-order chi connectivity index (χ0) is 13.8. The van der Waals surface area contributed by atoms with E-state index in [1.54, 1.807) is 6.07 Å². The third-order valence-corrected chi connectivity index (χ3v) is 3.56. The zero-order valence-electron chi connectivity index (χ0n) is 9.66. The maximum absolute atomic E-state index is 13.1. The van der Waals surface area contributed by atoms with Gasteiger partial charge in [0, 0.05) is 23.4 Å². The van der Waals surface area contributed by atoms with E-state index >= 15 is 0 Å². The largest absolute Gasteiger partial charge is 0.348 e. The van der Waals surface area contributed by atoms with Crippen molar-refractivity contribution < 1.29 is 9.18 Å². The molecule has 98 valence electrons. The third kappa shape index (κ3) is 3.52. The molecule has 6 heteroatoms. The van der Waals surface area contributed by atoms with Crippen LogP contribution >= 0.6 is 27.5 Å². The maximum atomic E-state index is 13.1. The molecule has 3 nitrogen and oxygen atoms in total. The van der Waals surface area contributed by atoms with Gasteiger partial charge in [0.25, 0.3) is 5.91 Å². The summed E-state index contributed by atoms with van der Waals surface area (Å²) in [4.78, 5) is 15.7. The van der Waals surface area contributed by atoms with Gasteiger partial charge < -0.3 is 5.32 Å². The van der Waals surface area contributed by atoms with Gasteiger partial charge in [0.15, 0.2) is 0 Å². The predicted octanol–water partition coefficient (Wildman–Crippen LogP) is 3.57. The highest BCUT2D eigenvalue weighted by atomic mass is 79.9. The first kappa shape index (κ1) is 14.0. The lowest BCUT2D eigenvalue weighted by Gasteiger charge is -2.08. The van der Waals surface area contributed by atoms with E-state index in [1.165, 1.54) is 30.6 Å². The number of nitrogens with one attached hydrogen (secondary N) is 1. The standard InChI is InChI=1S/C13H9BrClFN2O/c14-11-2-1-9(16)5-8(11)6-18-13(19)10-7-17-4-3-12(10)15/h1-5,7H,6H2,(H,18,19). The molecule has 19 heavy (non-hydrogen) atoms. The van der Waals surface area contributed by atoms with Gasteiger partial charge in [-0.1, -0.05) is 27.5 Å². The van der Waals surface area contributed by atoms with E-state index < -0.39 is 0 Å². The second-order valence-electron chi connectivity index (χ2n) is 3.77. The number of benzene rings is 1. The summed E-state index contributed by atoms with van der Waals surface area (Å²) >= 11 is 9.18. The summed E-state index contributed by atoms with van der Waals surface area (Å²) in [5.74, 6) is -0.707. The van der Waals surface area contributed by atoms with Crippen molar-refractivity contribution >= 4 is 33.4 Å². The highest BCUT2D eigenvalue weighted by Gasteiger charge is 2.10. The second-order valence-corrected chi connectivity index (χ2v) is 5.04. The predicted molar refractivity (Wildman–Crippen MR) is 74.5 cm³/mol. The van der Waals surface area contributed by atoms with Crippen LogP contribution < -0.4 is 5.32 Å². The SMILES string of the molecule is O=C(NCc1cc(F)ccc1Br)c1cnccc1Cl. The Balaban J connectivity index is 2.09. The van der Waals surface area contributed by atoms with E-state index in [4.69, 9.17) is 11.6 Å². The molecule has 0 aliphatic heterocycles. The van der Waals surface area contributed by atoms with Crippen molar-refractivity contribution in [2.45, 2.75) is 6.54 Å². The van der Waals surface area contributed by atoms with Crippen LogP contribution in [-0.2, 0) is 6.54 Å². The minimum atomic E-state index is -0.355. The van der Waals surface area contributed by atoms with Gasteiger partial charge in [0.05, 0.1) is 10.6 Å². The summed E-state index contributed by atoms with van der Waals surface area (Å²) < 4.78 is 13.8. The van der Waals surface area contributed by atoms with Crippen LogP contribution in [0.25, 0.3) is 0 Å². The van der Waals surface area contributed by atoms with Gasteiger partial charge in [-0.05, 0) is 29.8 Å². The van der Waals surface area contributed by atoms with Crippen molar-refractivity contribution in [1.29, 1.82) is 0 Å². The average molecular weight is 344 g/mol. The van der Waals surface area contributed by atoms with Crippen LogP contribution in [0, 0.1) is 5.82 Å². The zero-order valence-corrected chi connectivity index (χ0v) is 12.0. The first-order chi connectivity index (χ1) is 9.08. The van der Waals surface area contributed by atoms with Gasteiger partial charge in [-0.15, -0.1) is 0 Å². The van der Waals surface area contributed by atoms with E-state index in [0.29, 0.717) is 10.6 Å². The van der Waals surface area contributed by atoms with Crippen molar-refractivity contribution in [2.75, 3.05) is 0 Å². The topological polar surface area (TPSA) is 42.0 Å². The Labute approximate surface area is 122 Å². The number of aromatic nitrogens is 1. The summed E-state index contributed by atoms with van der Waals surface area (Å²) in [6, 6.07) is 5.82. The Kier molecular flexibility index (Phi) is 4.50. The number of pyridine rings is 1. The lowest BCUT2D eigenvalue weighted by Crippen LogP contribution is -2.23. The number of carbonyl (C=O) groups excluding carboxylic acids is 1. The molecule has 0 spiro atoms. The quantitative estimate of drug-likeness (QED) is 0.926. The van der Waals surface area contributed by atoms with Gasteiger partial charge in [-0.3, -0.25) is 9.78 Å². The Bertz CT molecular complexity index is 621. The normalized spacial score (nSPS) is 10.3. The first-order valence-electron chi connectivity index (χ1n) is 5.39. The van der Waals surface area contributed by atoms with Crippen LogP contribution in [0.3, 0.4) is 0 Å². The molecule has 1 heterocycles. The fourth-order valence-electron chi connectivity index (χ4n) is 1.49.